The van der Waals surface area contributed by atoms with Gasteiger partial charge in [0.2, 0.25) is 15.9 Å². The quantitative estimate of drug-likeness (QED) is 0.775. The Labute approximate surface area is 119 Å². The Morgan fingerprint density at radius 2 is 1.80 bits per heavy atom. The van der Waals surface area contributed by atoms with Gasteiger partial charge in [-0.25, -0.2) is 8.42 Å². The summed E-state index contributed by atoms with van der Waals surface area (Å²) >= 11 is 0. The average molecular weight is 303 g/mol. The van der Waals surface area contributed by atoms with Gasteiger partial charge in [0, 0.05) is 20.1 Å². The van der Waals surface area contributed by atoms with E-state index in [4.69, 9.17) is 4.52 Å². The smallest absolute Gasteiger partial charge is 0.248 e. The SMILES string of the molecule is CCN(CC)C(=O)CN(C)S(=O)(=O)c1c(C)noc1C. The molecule has 1 aromatic heterocycles. The van der Waals surface area contributed by atoms with Gasteiger partial charge >= 0.3 is 0 Å². The summed E-state index contributed by atoms with van der Waals surface area (Å²) in [6.07, 6.45) is 0. The maximum absolute atomic E-state index is 12.4. The van der Waals surface area contributed by atoms with Crippen molar-refractivity contribution in [1.82, 2.24) is 14.4 Å². The second-order valence-electron chi connectivity index (χ2n) is 4.48. The van der Waals surface area contributed by atoms with Crippen LogP contribution in [-0.4, -0.2) is 55.4 Å². The van der Waals surface area contributed by atoms with E-state index >= 15 is 0 Å². The number of sulfonamides is 1. The van der Waals surface area contributed by atoms with Crippen LogP contribution in [0.15, 0.2) is 9.42 Å². The normalized spacial score (nSPS) is 11.9. The summed E-state index contributed by atoms with van der Waals surface area (Å²) in [4.78, 5) is 13.6. The summed E-state index contributed by atoms with van der Waals surface area (Å²) in [7, 11) is -2.39. The van der Waals surface area contributed by atoms with Crippen molar-refractivity contribution in [3.63, 3.8) is 0 Å². The number of hydrogen-bond acceptors (Lipinski definition) is 5. The van der Waals surface area contributed by atoms with Crippen molar-refractivity contribution in [3.8, 4) is 0 Å². The molecule has 1 aromatic rings. The summed E-state index contributed by atoms with van der Waals surface area (Å²) in [6, 6.07) is 0. The predicted octanol–water partition coefficient (Wildman–Crippen LogP) is 0.780. The van der Waals surface area contributed by atoms with Crippen LogP contribution in [0.1, 0.15) is 25.3 Å². The molecule has 0 aliphatic rings. The second-order valence-corrected chi connectivity index (χ2v) is 6.46. The molecule has 0 fully saturated rings. The second kappa shape index (κ2) is 6.36. The van der Waals surface area contributed by atoms with Crippen molar-refractivity contribution >= 4 is 15.9 Å². The molecular weight excluding hydrogens is 282 g/mol. The summed E-state index contributed by atoms with van der Waals surface area (Å²) in [5.74, 6) is -0.00234. The lowest BCUT2D eigenvalue weighted by molar-refractivity contribution is -0.130. The standard InChI is InChI=1S/C12H21N3O4S/c1-6-15(7-2)11(16)8-14(5)20(17,18)12-9(3)13-19-10(12)4/h6-8H2,1-5H3. The fourth-order valence-electron chi connectivity index (χ4n) is 1.95. The van der Waals surface area contributed by atoms with Gasteiger partial charge in [-0.1, -0.05) is 5.16 Å². The summed E-state index contributed by atoms with van der Waals surface area (Å²) < 4.78 is 30.8. The molecule has 0 N–H and O–H groups in total. The van der Waals surface area contributed by atoms with Crippen molar-refractivity contribution in [3.05, 3.63) is 11.5 Å². The van der Waals surface area contributed by atoms with Gasteiger partial charge in [0.25, 0.3) is 0 Å². The molecule has 1 amide bonds. The maximum Gasteiger partial charge on any atom is 0.248 e. The van der Waals surface area contributed by atoms with E-state index in [0.717, 1.165) is 4.31 Å². The van der Waals surface area contributed by atoms with Gasteiger partial charge < -0.3 is 9.42 Å². The van der Waals surface area contributed by atoms with Gasteiger partial charge in [0.1, 0.15) is 10.6 Å². The molecule has 0 saturated carbocycles. The van der Waals surface area contributed by atoms with Crippen LogP contribution in [0.5, 0.6) is 0 Å². The summed E-state index contributed by atoms with van der Waals surface area (Å²) in [6.45, 7) is 7.70. The van der Waals surface area contributed by atoms with Crippen LogP contribution in [0, 0.1) is 13.8 Å². The van der Waals surface area contributed by atoms with E-state index in [9.17, 15) is 13.2 Å². The molecule has 20 heavy (non-hydrogen) atoms. The van der Waals surface area contributed by atoms with Crippen LogP contribution in [-0.2, 0) is 14.8 Å². The van der Waals surface area contributed by atoms with Crippen molar-refractivity contribution in [2.45, 2.75) is 32.6 Å². The van der Waals surface area contributed by atoms with Gasteiger partial charge in [-0.15, -0.1) is 0 Å². The third-order valence-corrected chi connectivity index (χ3v) is 5.16. The number of rotatable bonds is 6. The van der Waals surface area contributed by atoms with E-state index in [1.54, 1.807) is 11.8 Å². The fraction of sp³-hybridized carbons (Fsp3) is 0.667. The topological polar surface area (TPSA) is 83.7 Å². The zero-order valence-electron chi connectivity index (χ0n) is 12.5. The summed E-state index contributed by atoms with van der Waals surface area (Å²) in [5.41, 5.74) is 0.296. The van der Waals surface area contributed by atoms with Crippen LogP contribution in [0.4, 0.5) is 0 Å². The highest BCUT2D eigenvalue weighted by Gasteiger charge is 2.30. The first-order valence-corrected chi connectivity index (χ1v) is 7.86. The van der Waals surface area contributed by atoms with Gasteiger partial charge in [0.15, 0.2) is 5.76 Å². The number of amides is 1. The van der Waals surface area contributed by atoms with Gasteiger partial charge in [-0.2, -0.15) is 4.31 Å². The minimum absolute atomic E-state index is 0.0346. The van der Waals surface area contributed by atoms with Gasteiger partial charge in [0.05, 0.1) is 6.54 Å². The number of carbonyl (C=O) groups is 1. The Kier molecular flexibility index (Phi) is 5.29. The molecular formula is C12H21N3O4S. The Bertz CT molecular complexity index is 556. The highest BCUT2D eigenvalue weighted by molar-refractivity contribution is 7.89. The zero-order valence-corrected chi connectivity index (χ0v) is 13.3. The first-order chi connectivity index (χ1) is 9.25. The molecule has 0 aromatic carbocycles. The minimum atomic E-state index is -3.77. The van der Waals surface area contributed by atoms with Crippen LogP contribution in [0.3, 0.4) is 0 Å². The minimum Gasteiger partial charge on any atom is -0.360 e. The molecule has 1 heterocycles. The molecule has 0 bridgehead atoms. The third kappa shape index (κ3) is 3.18. The first kappa shape index (κ1) is 16.6. The lowest BCUT2D eigenvalue weighted by Crippen LogP contribution is -2.41. The van der Waals surface area contributed by atoms with Crippen LogP contribution >= 0.6 is 0 Å². The van der Waals surface area contributed by atoms with Crippen LogP contribution < -0.4 is 0 Å². The number of likely N-dealkylation sites (N-methyl/N-ethyl adjacent to an activating group) is 2. The number of carbonyl (C=O) groups excluding carboxylic acids is 1. The van der Waals surface area contributed by atoms with Crippen LogP contribution in [0.25, 0.3) is 0 Å². The molecule has 0 unspecified atom stereocenters. The third-order valence-electron chi connectivity index (χ3n) is 3.11. The van der Waals surface area contributed by atoms with E-state index in [2.05, 4.69) is 5.16 Å². The lowest BCUT2D eigenvalue weighted by Gasteiger charge is -2.22. The van der Waals surface area contributed by atoms with E-state index in [0.29, 0.717) is 18.8 Å². The molecule has 0 aliphatic heterocycles. The maximum atomic E-state index is 12.4. The number of hydrogen-bond donors (Lipinski definition) is 0. The van der Waals surface area contributed by atoms with Crippen LogP contribution in [0.2, 0.25) is 0 Å². The lowest BCUT2D eigenvalue weighted by atomic mass is 10.4. The Morgan fingerprint density at radius 1 is 1.25 bits per heavy atom. The molecule has 114 valence electrons. The number of nitrogens with zero attached hydrogens (tertiary/aromatic N) is 3. The van der Waals surface area contributed by atoms with Crippen molar-refractivity contribution < 1.29 is 17.7 Å². The molecule has 0 spiro atoms. The molecule has 0 aliphatic carbocycles. The monoisotopic (exact) mass is 303 g/mol. The largest absolute Gasteiger partial charge is 0.360 e. The van der Waals surface area contributed by atoms with E-state index in [-0.39, 0.29) is 23.1 Å². The van der Waals surface area contributed by atoms with Gasteiger partial charge in [-0.3, -0.25) is 4.79 Å². The van der Waals surface area contributed by atoms with E-state index in [1.165, 1.54) is 14.0 Å². The molecule has 0 radical (unpaired) electrons. The Hall–Kier alpha value is -1.41. The van der Waals surface area contributed by atoms with E-state index in [1.807, 2.05) is 13.8 Å². The molecule has 7 nitrogen and oxygen atoms in total. The van der Waals surface area contributed by atoms with Crippen molar-refractivity contribution in [2.24, 2.45) is 0 Å². The summed E-state index contributed by atoms with van der Waals surface area (Å²) in [5, 5.41) is 3.64. The van der Waals surface area contributed by atoms with E-state index < -0.39 is 10.0 Å². The predicted molar refractivity (Wildman–Crippen MR) is 73.7 cm³/mol. The zero-order chi connectivity index (χ0) is 15.5. The number of aryl methyl sites for hydroxylation is 2. The van der Waals surface area contributed by atoms with Crippen molar-refractivity contribution in [1.29, 1.82) is 0 Å². The molecule has 0 atom stereocenters. The highest BCUT2D eigenvalue weighted by Crippen LogP contribution is 2.22. The Balaban J connectivity index is 2.97. The first-order valence-electron chi connectivity index (χ1n) is 6.42. The van der Waals surface area contributed by atoms with Gasteiger partial charge in [-0.05, 0) is 27.7 Å². The fourth-order valence-corrected chi connectivity index (χ4v) is 3.35. The highest BCUT2D eigenvalue weighted by atomic mass is 32.2. The number of aromatic nitrogens is 1. The van der Waals surface area contributed by atoms with Crippen molar-refractivity contribution in [2.75, 3.05) is 26.7 Å². The molecule has 0 saturated heterocycles. The molecule has 1 rings (SSSR count). The average Bonchev–Trinajstić information content (AvgIpc) is 2.70. The molecule has 8 heteroatoms. The Morgan fingerprint density at radius 3 is 2.20 bits per heavy atom.